The zero-order chi connectivity index (χ0) is 18.5. The summed E-state index contributed by atoms with van der Waals surface area (Å²) >= 11 is 1.39. The molecular formula is C20H22N4OS. The Morgan fingerprint density at radius 2 is 1.77 bits per heavy atom. The van der Waals surface area contributed by atoms with Crippen LogP contribution in [0, 0.1) is 13.8 Å². The monoisotopic (exact) mass is 366 g/mol. The maximum absolute atomic E-state index is 12.2. The highest BCUT2D eigenvalue weighted by Gasteiger charge is 2.12. The van der Waals surface area contributed by atoms with Crippen molar-refractivity contribution in [3.8, 4) is 0 Å². The highest BCUT2D eigenvalue weighted by Crippen LogP contribution is 2.19. The van der Waals surface area contributed by atoms with Crippen LogP contribution >= 0.6 is 11.8 Å². The number of carbonyl (C=O) groups excluding carboxylic acids is 1. The Morgan fingerprint density at radius 1 is 1.08 bits per heavy atom. The molecular weight excluding hydrogens is 344 g/mol. The number of amides is 1. The van der Waals surface area contributed by atoms with Gasteiger partial charge in [-0.05, 0) is 42.7 Å². The van der Waals surface area contributed by atoms with Crippen molar-refractivity contribution in [1.29, 1.82) is 0 Å². The lowest BCUT2D eigenvalue weighted by Crippen LogP contribution is -2.14. The number of benzene rings is 2. The van der Waals surface area contributed by atoms with Crippen molar-refractivity contribution in [2.75, 3.05) is 11.1 Å². The topological polar surface area (TPSA) is 59.8 Å². The lowest BCUT2D eigenvalue weighted by Gasteiger charge is -2.07. The van der Waals surface area contributed by atoms with Gasteiger partial charge in [-0.1, -0.05) is 48.2 Å². The molecule has 0 spiro atoms. The van der Waals surface area contributed by atoms with Crippen LogP contribution in [0.4, 0.5) is 5.69 Å². The molecule has 6 heteroatoms. The maximum Gasteiger partial charge on any atom is 0.234 e. The van der Waals surface area contributed by atoms with Crippen LogP contribution in [0.3, 0.4) is 0 Å². The van der Waals surface area contributed by atoms with Gasteiger partial charge in [-0.3, -0.25) is 4.79 Å². The van der Waals surface area contributed by atoms with E-state index in [1.807, 2.05) is 55.8 Å². The van der Waals surface area contributed by atoms with Crippen LogP contribution < -0.4 is 5.32 Å². The summed E-state index contributed by atoms with van der Waals surface area (Å²) in [4.78, 5) is 12.2. The molecule has 2 aromatic carbocycles. The van der Waals surface area contributed by atoms with E-state index in [2.05, 4.69) is 33.7 Å². The summed E-state index contributed by atoms with van der Waals surface area (Å²) in [5.41, 5.74) is 4.28. The second-order valence-electron chi connectivity index (χ2n) is 6.33. The van der Waals surface area contributed by atoms with Crippen LogP contribution in [0.25, 0.3) is 0 Å². The third-order valence-electron chi connectivity index (χ3n) is 3.97. The highest BCUT2D eigenvalue weighted by atomic mass is 32.2. The smallest absolute Gasteiger partial charge is 0.234 e. The summed E-state index contributed by atoms with van der Waals surface area (Å²) in [5.74, 6) is 1.13. The molecule has 1 aromatic heterocycles. The summed E-state index contributed by atoms with van der Waals surface area (Å²) in [6.45, 7) is 4.04. The van der Waals surface area contributed by atoms with Gasteiger partial charge < -0.3 is 9.88 Å². The predicted octanol–water partition coefficient (Wildman–Crippen LogP) is 3.75. The number of anilines is 1. The van der Waals surface area contributed by atoms with Crippen molar-refractivity contribution in [2.45, 2.75) is 25.4 Å². The van der Waals surface area contributed by atoms with E-state index in [-0.39, 0.29) is 5.91 Å². The number of rotatable bonds is 6. The fourth-order valence-corrected chi connectivity index (χ4v) is 3.51. The number of hydrogen-bond donors (Lipinski definition) is 1. The lowest BCUT2D eigenvalue weighted by molar-refractivity contribution is -0.113. The van der Waals surface area contributed by atoms with Gasteiger partial charge >= 0.3 is 0 Å². The molecule has 1 heterocycles. The van der Waals surface area contributed by atoms with E-state index in [0.29, 0.717) is 5.75 Å². The fourth-order valence-electron chi connectivity index (χ4n) is 2.78. The number of thioether (sulfide) groups is 1. The minimum absolute atomic E-state index is 0.0485. The molecule has 0 saturated heterocycles. The minimum atomic E-state index is -0.0485. The second-order valence-corrected chi connectivity index (χ2v) is 7.28. The molecule has 0 atom stereocenters. The molecule has 134 valence electrons. The Balaban J connectivity index is 1.58. The van der Waals surface area contributed by atoms with Crippen LogP contribution in [0.15, 0.2) is 53.7 Å². The van der Waals surface area contributed by atoms with Crippen molar-refractivity contribution in [3.63, 3.8) is 0 Å². The van der Waals surface area contributed by atoms with Gasteiger partial charge in [0, 0.05) is 19.2 Å². The maximum atomic E-state index is 12.2. The van der Waals surface area contributed by atoms with Gasteiger partial charge in [-0.25, -0.2) is 0 Å². The van der Waals surface area contributed by atoms with Crippen molar-refractivity contribution in [3.05, 3.63) is 71.0 Å². The Bertz CT molecular complexity index is 885. The fraction of sp³-hybridized carbons (Fsp3) is 0.250. The first-order chi connectivity index (χ1) is 12.5. The number of aryl methyl sites for hydroxylation is 2. The second kappa shape index (κ2) is 8.19. The molecule has 0 saturated carbocycles. The van der Waals surface area contributed by atoms with Gasteiger partial charge in [0.05, 0.1) is 5.75 Å². The van der Waals surface area contributed by atoms with Gasteiger partial charge in [-0.15, -0.1) is 10.2 Å². The normalized spacial score (nSPS) is 10.7. The van der Waals surface area contributed by atoms with Crippen molar-refractivity contribution in [1.82, 2.24) is 14.8 Å². The van der Waals surface area contributed by atoms with Gasteiger partial charge in [0.2, 0.25) is 5.91 Å². The van der Waals surface area contributed by atoms with Crippen LogP contribution in [-0.4, -0.2) is 26.4 Å². The first-order valence-electron chi connectivity index (χ1n) is 8.44. The number of aromatic nitrogens is 3. The number of nitrogens with one attached hydrogen (secondary N) is 1. The van der Waals surface area contributed by atoms with Crippen LogP contribution in [0.5, 0.6) is 0 Å². The third kappa shape index (κ3) is 4.73. The van der Waals surface area contributed by atoms with E-state index in [9.17, 15) is 4.79 Å². The van der Waals surface area contributed by atoms with Crippen LogP contribution in [-0.2, 0) is 18.3 Å². The molecule has 1 amide bonds. The summed E-state index contributed by atoms with van der Waals surface area (Å²) in [6, 6.07) is 16.2. The molecule has 5 nitrogen and oxygen atoms in total. The predicted molar refractivity (Wildman–Crippen MR) is 106 cm³/mol. The van der Waals surface area contributed by atoms with E-state index in [1.54, 1.807) is 0 Å². The molecule has 0 aliphatic heterocycles. The first-order valence-corrected chi connectivity index (χ1v) is 9.43. The molecule has 3 aromatic rings. The van der Waals surface area contributed by atoms with E-state index in [1.165, 1.54) is 17.3 Å². The summed E-state index contributed by atoms with van der Waals surface area (Å²) < 4.78 is 1.95. The average Bonchev–Trinajstić information content (AvgIpc) is 2.93. The molecule has 0 aliphatic carbocycles. The molecule has 1 N–H and O–H groups in total. The average molecular weight is 366 g/mol. The molecule has 0 unspecified atom stereocenters. The van der Waals surface area contributed by atoms with E-state index < -0.39 is 0 Å². The quantitative estimate of drug-likeness (QED) is 0.675. The van der Waals surface area contributed by atoms with Gasteiger partial charge in [0.15, 0.2) is 5.16 Å². The third-order valence-corrected chi connectivity index (χ3v) is 4.99. The summed E-state index contributed by atoms with van der Waals surface area (Å²) in [5, 5.41) is 12.2. The van der Waals surface area contributed by atoms with Gasteiger partial charge in [-0.2, -0.15) is 0 Å². The van der Waals surface area contributed by atoms with Crippen molar-refractivity contribution < 1.29 is 4.79 Å². The zero-order valence-electron chi connectivity index (χ0n) is 15.2. The first kappa shape index (κ1) is 18.2. The van der Waals surface area contributed by atoms with E-state index in [4.69, 9.17) is 0 Å². The van der Waals surface area contributed by atoms with Gasteiger partial charge in [0.25, 0.3) is 0 Å². The minimum Gasteiger partial charge on any atom is -0.325 e. The number of hydrogen-bond acceptors (Lipinski definition) is 4. The molecule has 26 heavy (non-hydrogen) atoms. The van der Waals surface area contributed by atoms with Crippen molar-refractivity contribution >= 4 is 23.4 Å². The Morgan fingerprint density at radius 3 is 2.46 bits per heavy atom. The largest absolute Gasteiger partial charge is 0.325 e. The molecule has 0 fully saturated rings. The highest BCUT2D eigenvalue weighted by molar-refractivity contribution is 7.99. The zero-order valence-corrected chi connectivity index (χ0v) is 16.0. The molecule has 3 rings (SSSR count). The van der Waals surface area contributed by atoms with Crippen molar-refractivity contribution in [2.24, 2.45) is 7.05 Å². The molecule has 0 bridgehead atoms. The SMILES string of the molecule is Cc1cc(C)cc(NC(=O)CSc2nnc(Cc3ccccc3)n2C)c1. The Hall–Kier alpha value is -2.60. The number of nitrogens with zero attached hydrogens (tertiary/aromatic N) is 3. The van der Waals surface area contributed by atoms with Crippen LogP contribution in [0.2, 0.25) is 0 Å². The Labute approximate surface area is 157 Å². The van der Waals surface area contributed by atoms with E-state index in [0.717, 1.165) is 34.2 Å². The standard InChI is InChI=1S/C20H22N4OS/c1-14-9-15(2)11-17(10-14)21-19(25)13-26-20-23-22-18(24(20)3)12-16-7-5-4-6-8-16/h4-11H,12-13H2,1-3H3,(H,21,25). The Kier molecular flexibility index (Phi) is 5.73. The number of carbonyl (C=O) groups is 1. The summed E-state index contributed by atoms with van der Waals surface area (Å²) in [6.07, 6.45) is 0.722. The summed E-state index contributed by atoms with van der Waals surface area (Å²) in [7, 11) is 1.93. The van der Waals surface area contributed by atoms with Crippen LogP contribution in [0.1, 0.15) is 22.5 Å². The van der Waals surface area contributed by atoms with Gasteiger partial charge in [0.1, 0.15) is 5.82 Å². The lowest BCUT2D eigenvalue weighted by atomic mass is 10.1. The van der Waals surface area contributed by atoms with E-state index >= 15 is 0 Å². The molecule has 0 aliphatic rings. The molecule has 0 radical (unpaired) electrons.